The molecule has 45 heavy (non-hydrogen) atoms. The number of amides is 4. The van der Waals surface area contributed by atoms with E-state index in [9.17, 15) is 33.5 Å². The number of hydrogen-bond donors (Lipinski definition) is 2. The van der Waals surface area contributed by atoms with Gasteiger partial charge < -0.3 is 14.9 Å². The van der Waals surface area contributed by atoms with Crippen LogP contribution < -0.4 is 9.64 Å². The van der Waals surface area contributed by atoms with Crippen molar-refractivity contribution < 1.29 is 43.3 Å². The minimum Gasteiger partial charge on any atom is -0.504 e. The second-order valence-electron chi connectivity index (χ2n) is 11.6. The number of anilines is 1. The molecule has 6 unspecified atom stereocenters. The zero-order valence-corrected chi connectivity index (χ0v) is 26.7. The van der Waals surface area contributed by atoms with E-state index >= 15 is 0 Å². The van der Waals surface area contributed by atoms with Gasteiger partial charge in [-0.2, -0.15) is 0 Å². The van der Waals surface area contributed by atoms with Crippen LogP contribution in [0.15, 0.2) is 52.5 Å². The Balaban J connectivity index is 1.53. The summed E-state index contributed by atoms with van der Waals surface area (Å²) >= 11 is 18.0. The summed E-state index contributed by atoms with van der Waals surface area (Å²) in [5, 5.41) is 20.5. The van der Waals surface area contributed by atoms with Crippen molar-refractivity contribution in [2.75, 3.05) is 18.6 Å². The summed E-state index contributed by atoms with van der Waals surface area (Å²) in [5.41, 5.74) is 0.587. The Morgan fingerprint density at radius 2 is 1.78 bits per heavy atom. The maximum Gasteiger partial charge on any atom is 0.303 e. The number of imide groups is 2. The summed E-state index contributed by atoms with van der Waals surface area (Å²) in [5.74, 6) is -8.65. The number of benzene rings is 2. The lowest BCUT2D eigenvalue weighted by atomic mass is 9.56. The molecule has 236 valence electrons. The molecular formula is C31H26BrCl2FN2O8. The summed E-state index contributed by atoms with van der Waals surface area (Å²) in [4.78, 5) is 64.5. The van der Waals surface area contributed by atoms with Crippen LogP contribution in [0.4, 0.5) is 10.1 Å². The lowest BCUT2D eigenvalue weighted by Gasteiger charge is -2.50. The summed E-state index contributed by atoms with van der Waals surface area (Å²) < 4.78 is 19.6. The van der Waals surface area contributed by atoms with Crippen molar-refractivity contribution in [2.45, 2.75) is 41.3 Å². The molecule has 4 aliphatic rings. The van der Waals surface area contributed by atoms with Gasteiger partial charge in [-0.1, -0.05) is 27.6 Å². The van der Waals surface area contributed by atoms with E-state index in [1.165, 1.54) is 31.4 Å². The highest BCUT2D eigenvalue weighted by Gasteiger charge is 2.77. The van der Waals surface area contributed by atoms with Crippen LogP contribution in [0.5, 0.6) is 11.5 Å². The molecule has 0 aromatic heterocycles. The second kappa shape index (κ2) is 11.1. The second-order valence-corrected chi connectivity index (χ2v) is 13.8. The van der Waals surface area contributed by atoms with Crippen molar-refractivity contribution in [1.29, 1.82) is 0 Å². The smallest absolute Gasteiger partial charge is 0.303 e. The molecule has 6 atom stereocenters. The number of allylic oxidation sites excluding steroid dienone is 2. The molecule has 0 radical (unpaired) electrons. The zero-order chi connectivity index (χ0) is 32.6. The van der Waals surface area contributed by atoms with E-state index in [4.69, 9.17) is 33.0 Å². The number of carbonyl (C=O) groups is 5. The van der Waals surface area contributed by atoms with Crippen LogP contribution in [0.2, 0.25) is 0 Å². The SMILES string of the molecule is COc1cc(Br)cc(C2C3=CCC4C(=O)N(CCCC(=O)O)C(=O)C4C3CC3(Cl)C(=O)N(c4ccc(F)cc4)C(=O)C23Cl)c1O. The van der Waals surface area contributed by atoms with Crippen molar-refractivity contribution >= 4 is 74.4 Å². The van der Waals surface area contributed by atoms with E-state index in [0.29, 0.717) is 10.0 Å². The number of carboxylic acid groups (broad SMARTS) is 1. The molecule has 4 amide bonds. The van der Waals surface area contributed by atoms with E-state index < -0.39 is 68.8 Å². The Bertz CT molecular complexity index is 1700. The highest BCUT2D eigenvalue weighted by Crippen LogP contribution is 2.67. The molecule has 3 fully saturated rings. The largest absolute Gasteiger partial charge is 0.504 e. The molecule has 1 saturated carbocycles. The molecule has 14 heteroatoms. The van der Waals surface area contributed by atoms with E-state index in [1.54, 1.807) is 6.08 Å². The maximum absolute atomic E-state index is 14.4. The molecule has 0 spiro atoms. The van der Waals surface area contributed by atoms with Crippen LogP contribution in [-0.4, -0.2) is 68.1 Å². The summed E-state index contributed by atoms with van der Waals surface area (Å²) in [6, 6.07) is 7.67. The summed E-state index contributed by atoms with van der Waals surface area (Å²) in [6.07, 6.45) is 1.35. The van der Waals surface area contributed by atoms with Crippen molar-refractivity contribution in [1.82, 2.24) is 4.90 Å². The topological polar surface area (TPSA) is 142 Å². The van der Waals surface area contributed by atoms with E-state index in [2.05, 4.69) is 15.9 Å². The first-order chi connectivity index (χ1) is 21.3. The van der Waals surface area contributed by atoms with Gasteiger partial charge in [0.2, 0.25) is 11.8 Å². The first kappa shape index (κ1) is 31.5. The highest BCUT2D eigenvalue weighted by molar-refractivity contribution is 9.10. The lowest BCUT2D eigenvalue weighted by Crippen LogP contribution is -2.60. The van der Waals surface area contributed by atoms with Crippen molar-refractivity contribution in [3.63, 3.8) is 0 Å². The number of methoxy groups -OCH3 is 1. The zero-order valence-electron chi connectivity index (χ0n) is 23.6. The van der Waals surface area contributed by atoms with Gasteiger partial charge in [0.05, 0.1) is 24.6 Å². The van der Waals surface area contributed by atoms with Gasteiger partial charge in [0.15, 0.2) is 21.2 Å². The predicted octanol–water partition coefficient (Wildman–Crippen LogP) is 4.73. The van der Waals surface area contributed by atoms with Crippen LogP contribution >= 0.6 is 39.1 Å². The fourth-order valence-corrected chi connectivity index (χ4v) is 8.77. The first-order valence-corrected chi connectivity index (χ1v) is 15.7. The first-order valence-electron chi connectivity index (χ1n) is 14.1. The van der Waals surface area contributed by atoms with Crippen LogP contribution in [0.1, 0.15) is 37.2 Å². The van der Waals surface area contributed by atoms with Gasteiger partial charge >= 0.3 is 5.97 Å². The number of fused-ring (bicyclic) bond motifs is 4. The number of aromatic hydroxyl groups is 1. The third-order valence-corrected chi connectivity index (χ3v) is 11.2. The fraction of sp³-hybridized carbons (Fsp3) is 0.387. The molecule has 2 aromatic carbocycles. The number of hydrogen-bond acceptors (Lipinski definition) is 7. The standard InChI is InChI=1S/C31H26BrCl2FN2O8/c1-45-21-12-14(32)11-19(25(21)40)24-17-8-9-18-23(27(42)36(26(18)41)10-2-3-22(38)39)20(17)13-30(33)28(43)37(29(44)31(24,30)34)16-6-4-15(35)5-7-16/h4-8,11-12,18,20,23-24,40H,2-3,9-10,13H2,1H3,(H,38,39). The van der Waals surface area contributed by atoms with Gasteiger partial charge in [-0.3, -0.25) is 28.9 Å². The van der Waals surface area contributed by atoms with E-state index in [0.717, 1.165) is 21.9 Å². The number of carbonyl (C=O) groups excluding carboxylic acids is 4. The Kier molecular flexibility index (Phi) is 7.77. The normalized spacial score (nSPS) is 30.6. The Labute approximate surface area is 274 Å². The van der Waals surface area contributed by atoms with Gasteiger partial charge in [-0.05, 0) is 61.6 Å². The highest BCUT2D eigenvalue weighted by atomic mass is 79.9. The molecule has 6 rings (SSSR count). The average Bonchev–Trinajstić information content (AvgIpc) is 3.32. The monoisotopic (exact) mass is 722 g/mol. The van der Waals surface area contributed by atoms with Crippen molar-refractivity contribution in [3.8, 4) is 11.5 Å². The molecular weight excluding hydrogens is 698 g/mol. The third-order valence-electron chi connectivity index (χ3n) is 9.36. The number of halogens is 4. The van der Waals surface area contributed by atoms with E-state index in [1.807, 2.05) is 0 Å². The maximum atomic E-state index is 14.4. The molecule has 10 nitrogen and oxygen atoms in total. The molecule has 2 aliphatic carbocycles. The quantitative estimate of drug-likeness (QED) is 0.237. The van der Waals surface area contributed by atoms with Gasteiger partial charge in [-0.15, -0.1) is 23.2 Å². The van der Waals surface area contributed by atoms with Crippen LogP contribution in [0.3, 0.4) is 0 Å². The number of aliphatic carboxylic acids is 1. The number of phenolic OH excluding ortho intramolecular Hbond substituents is 1. The van der Waals surface area contributed by atoms with Gasteiger partial charge in [0.1, 0.15) is 5.82 Å². The number of ether oxygens (including phenoxy) is 1. The molecule has 2 aromatic rings. The van der Waals surface area contributed by atoms with Crippen molar-refractivity contribution in [3.05, 3.63) is 63.9 Å². The minimum atomic E-state index is -2.23. The Morgan fingerprint density at radius 1 is 1.09 bits per heavy atom. The molecule has 2 aliphatic heterocycles. The fourth-order valence-electron chi connectivity index (χ4n) is 7.39. The van der Waals surface area contributed by atoms with Crippen LogP contribution in [0, 0.1) is 23.6 Å². The minimum absolute atomic E-state index is 0.0298. The number of alkyl halides is 2. The average molecular weight is 724 g/mol. The van der Waals surface area contributed by atoms with Gasteiger partial charge in [0.25, 0.3) is 11.8 Å². The number of likely N-dealkylation sites (tertiary alicyclic amines) is 1. The van der Waals surface area contributed by atoms with Gasteiger partial charge in [-0.25, -0.2) is 9.29 Å². The Morgan fingerprint density at radius 3 is 2.42 bits per heavy atom. The van der Waals surface area contributed by atoms with Crippen LogP contribution in [-0.2, 0) is 24.0 Å². The number of nitrogens with zero attached hydrogens (tertiary/aromatic N) is 2. The third kappa shape index (κ3) is 4.51. The van der Waals surface area contributed by atoms with E-state index in [-0.39, 0.29) is 55.0 Å². The lowest BCUT2D eigenvalue weighted by molar-refractivity contribution is -0.142. The van der Waals surface area contributed by atoms with Crippen LogP contribution in [0.25, 0.3) is 0 Å². The summed E-state index contributed by atoms with van der Waals surface area (Å²) in [7, 11) is 1.34. The molecule has 2 saturated heterocycles. The molecule has 2 N–H and O–H groups in total. The number of phenols is 1. The molecule has 2 heterocycles. The number of rotatable bonds is 7. The van der Waals surface area contributed by atoms with Gasteiger partial charge in [0, 0.05) is 28.9 Å². The number of carboxylic acids is 1. The molecule has 0 bridgehead atoms. The summed E-state index contributed by atoms with van der Waals surface area (Å²) in [6.45, 7) is -0.0900. The predicted molar refractivity (Wildman–Crippen MR) is 163 cm³/mol. The van der Waals surface area contributed by atoms with Crippen molar-refractivity contribution in [2.24, 2.45) is 17.8 Å². The Hall–Kier alpha value is -3.48.